The molecule has 1 fully saturated rings. The summed E-state index contributed by atoms with van der Waals surface area (Å²) in [5.74, 6) is 0. The maximum Gasteiger partial charge on any atom is 0.173 e. The Morgan fingerprint density at radius 3 is 2.56 bits per heavy atom. The molecule has 1 saturated heterocycles. The number of aryl methyl sites for hydroxylation is 2. The van der Waals surface area contributed by atoms with E-state index in [-0.39, 0.29) is 0 Å². The van der Waals surface area contributed by atoms with Crippen molar-refractivity contribution >= 4 is 23.0 Å². The molecule has 140 valence electrons. The van der Waals surface area contributed by atoms with Crippen LogP contribution in [0.4, 0.5) is 5.69 Å². The Balaban J connectivity index is 2.04. The van der Waals surface area contributed by atoms with Gasteiger partial charge in [-0.25, -0.2) is 0 Å². The molecule has 0 spiro atoms. The maximum atomic E-state index is 5.78. The number of piperidine rings is 1. The van der Waals surface area contributed by atoms with Crippen molar-refractivity contribution in [3.8, 4) is 0 Å². The topological polar surface area (TPSA) is 28.9 Å². The second-order valence-corrected chi connectivity index (χ2v) is 7.87. The highest BCUT2D eigenvalue weighted by Crippen LogP contribution is 2.18. The molecule has 0 aromatic heterocycles. The molecule has 0 saturated carbocycles. The maximum absolute atomic E-state index is 5.78. The highest BCUT2D eigenvalue weighted by Gasteiger charge is 2.29. The second kappa shape index (κ2) is 9.51. The van der Waals surface area contributed by atoms with Crippen LogP contribution in [0.15, 0.2) is 18.2 Å². The van der Waals surface area contributed by atoms with E-state index in [0.29, 0.717) is 18.7 Å². The zero-order chi connectivity index (χ0) is 18.4. The second-order valence-electron chi connectivity index (χ2n) is 7.48. The number of nitrogens with zero attached hydrogens (tertiary/aromatic N) is 1. The normalized spacial score (nSPS) is 20.6. The summed E-state index contributed by atoms with van der Waals surface area (Å²) >= 11 is 5.78. The minimum atomic E-state index is 0.503. The summed E-state index contributed by atoms with van der Waals surface area (Å²) in [6.45, 7) is 12.8. The Labute approximate surface area is 158 Å². The number of nitrogens with one attached hydrogen (secondary N) is 2. The van der Waals surface area contributed by atoms with Crippen LogP contribution in [-0.2, 0) is 4.74 Å². The van der Waals surface area contributed by atoms with E-state index < -0.39 is 0 Å². The molecule has 0 amide bonds. The van der Waals surface area contributed by atoms with Crippen molar-refractivity contribution in [1.82, 2.24) is 4.90 Å². The molecule has 1 aromatic carbocycles. The number of likely N-dealkylation sites (tertiary alicyclic amines) is 1. The lowest BCUT2D eigenvalue weighted by Gasteiger charge is -2.39. The van der Waals surface area contributed by atoms with Crippen LogP contribution in [0.2, 0.25) is 0 Å². The van der Waals surface area contributed by atoms with Gasteiger partial charge in [-0.05, 0) is 51.5 Å². The smallest absolute Gasteiger partial charge is 0.173 e. The number of thiocarbonyl (C=S) groups is 1. The first-order chi connectivity index (χ1) is 11.9. The van der Waals surface area contributed by atoms with Crippen LogP contribution in [0.1, 0.15) is 37.8 Å². The third-order valence-corrected chi connectivity index (χ3v) is 5.61. The Bertz CT molecular complexity index is 568. The predicted octanol–water partition coefficient (Wildman–Crippen LogP) is 2.40. The van der Waals surface area contributed by atoms with Gasteiger partial charge in [0.2, 0.25) is 0 Å². The monoisotopic (exact) mass is 364 g/mol. The quantitative estimate of drug-likeness (QED) is 0.759. The van der Waals surface area contributed by atoms with Gasteiger partial charge in [0.05, 0.1) is 25.7 Å². The third kappa shape index (κ3) is 5.66. The Morgan fingerprint density at radius 1 is 1.32 bits per heavy atom. The fraction of sp³-hybridized carbons (Fsp3) is 0.650. The van der Waals surface area contributed by atoms with Crippen LogP contribution in [0.3, 0.4) is 0 Å². The summed E-state index contributed by atoms with van der Waals surface area (Å²) in [4.78, 5) is 4.05. The third-order valence-electron chi connectivity index (χ3n) is 5.28. The Hall–Kier alpha value is -1.17. The molecule has 4 nitrogen and oxygen atoms in total. The molecular formula is C20H34N3OS+. The van der Waals surface area contributed by atoms with Crippen molar-refractivity contribution in [2.75, 3.05) is 38.7 Å². The van der Waals surface area contributed by atoms with Crippen molar-refractivity contribution in [3.63, 3.8) is 0 Å². The summed E-state index contributed by atoms with van der Waals surface area (Å²) < 4.78 is 5.33. The number of benzene rings is 1. The van der Waals surface area contributed by atoms with Crippen molar-refractivity contribution < 1.29 is 9.64 Å². The Kier molecular flexibility index (Phi) is 7.66. The Morgan fingerprint density at radius 2 is 2.00 bits per heavy atom. The van der Waals surface area contributed by atoms with Gasteiger partial charge < -0.3 is 19.9 Å². The fourth-order valence-corrected chi connectivity index (χ4v) is 3.99. The first-order valence-electron chi connectivity index (χ1n) is 9.40. The predicted molar refractivity (Wildman–Crippen MR) is 110 cm³/mol. The van der Waals surface area contributed by atoms with E-state index in [2.05, 4.69) is 56.1 Å². The van der Waals surface area contributed by atoms with Gasteiger partial charge in [0.15, 0.2) is 5.11 Å². The molecule has 25 heavy (non-hydrogen) atoms. The van der Waals surface area contributed by atoms with E-state index in [1.807, 2.05) is 0 Å². The van der Waals surface area contributed by atoms with Gasteiger partial charge in [-0.2, -0.15) is 0 Å². The summed E-state index contributed by atoms with van der Waals surface area (Å²) in [5, 5.41) is 4.29. The van der Waals surface area contributed by atoms with Crippen molar-refractivity contribution in [1.29, 1.82) is 0 Å². The number of methoxy groups -OCH3 is 1. The standard InChI is InChI=1S/C20H33N3OS/c1-15(2)22-10-8-18(9-11-22)23(12-13-24-5)20(25)21-19-7-6-16(3)14-17(19)4/h6-7,14-15,18H,8-13H2,1-5H3,(H,21,25)/p+1. The molecule has 1 aromatic rings. The largest absolute Gasteiger partial charge is 0.383 e. The van der Waals surface area contributed by atoms with E-state index in [4.69, 9.17) is 17.0 Å². The number of anilines is 1. The number of rotatable bonds is 6. The molecule has 1 aliphatic heterocycles. The van der Waals surface area contributed by atoms with E-state index in [1.165, 1.54) is 37.1 Å². The number of hydrogen-bond donors (Lipinski definition) is 2. The van der Waals surface area contributed by atoms with Crippen LogP contribution in [0.5, 0.6) is 0 Å². The van der Waals surface area contributed by atoms with Gasteiger partial charge in [0.1, 0.15) is 0 Å². The molecule has 5 heteroatoms. The molecule has 1 heterocycles. The molecule has 0 aliphatic carbocycles. The molecule has 1 aliphatic rings. The number of hydrogen-bond acceptors (Lipinski definition) is 2. The lowest BCUT2D eigenvalue weighted by atomic mass is 10.0. The van der Waals surface area contributed by atoms with Crippen molar-refractivity contribution in [2.24, 2.45) is 0 Å². The summed E-state index contributed by atoms with van der Waals surface area (Å²) in [7, 11) is 1.75. The molecule has 2 rings (SSSR count). The molecule has 0 atom stereocenters. The van der Waals surface area contributed by atoms with Crippen LogP contribution >= 0.6 is 12.2 Å². The molecular weight excluding hydrogens is 330 g/mol. The molecule has 2 N–H and O–H groups in total. The van der Waals surface area contributed by atoms with Crippen LogP contribution < -0.4 is 10.2 Å². The van der Waals surface area contributed by atoms with Gasteiger partial charge in [-0.3, -0.25) is 0 Å². The SMILES string of the molecule is COCCN(C(=S)Nc1ccc(C)cc1C)C1CC[NH+](C(C)C)CC1. The average Bonchev–Trinajstić information content (AvgIpc) is 2.58. The van der Waals surface area contributed by atoms with Crippen molar-refractivity contribution in [2.45, 2.75) is 52.6 Å². The van der Waals surface area contributed by atoms with Crippen LogP contribution in [0.25, 0.3) is 0 Å². The van der Waals surface area contributed by atoms with Gasteiger partial charge in [0, 0.05) is 38.2 Å². The van der Waals surface area contributed by atoms with E-state index in [1.54, 1.807) is 12.0 Å². The van der Waals surface area contributed by atoms with Crippen molar-refractivity contribution in [3.05, 3.63) is 29.3 Å². The highest BCUT2D eigenvalue weighted by molar-refractivity contribution is 7.80. The van der Waals surface area contributed by atoms with Gasteiger partial charge in [-0.15, -0.1) is 0 Å². The van der Waals surface area contributed by atoms with E-state index >= 15 is 0 Å². The number of ether oxygens (including phenoxy) is 1. The zero-order valence-corrected chi connectivity index (χ0v) is 17.2. The van der Waals surface area contributed by atoms with Gasteiger partial charge in [0.25, 0.3) is 0 Å². The van der Waals surface area contributed by atoms with E-state index in [0.717, 1.165) is 17.3 Å². The van der Waals surface area contributed by atoms with Crippen LogP contribution in [-0.4, -0.2) is 55.4 Å². The average molecular weight is 365 g/mol. The lowest BCUT2D eigenvalue weighted by Crippen LogP contribution is -3.16. The summed E-state index contributed by atoms with van der Waals surface area (Å²) in [6, 6.07) is 7.64. The fourth-order valence-electron chi connectivity index (χ4n) is 3.64. The van der Waals surface area contributed by atoms with Gasteiger partial charge >= 0.3 is 0 Å². The first-order valence-corrected chi connectivity index (χ1v) is 9.81. The first kappa shape index (κ1) is 20.1. The highest BCUT2D eigenvalue weighted by atomic mass is 32.1. The number of quaternary nitrogens is 1. The minimum Gasteiger partial charge on any atom is -0.383 e. The summed E-state index contributed by atoms with van der Waals surface area (Å²) in [5.41, 5.74) is 3.60. The van der Waals surface area contributed by atoms with E-state index in [9.17, 15) is 0 Å². The van der Waals surface area contributed by atoms with Gasteiger partial charge in [-0.1, -0.05) is 17.7 Å². The van der Waals surface area contributed by atoms with Crippen LogP contribution in [0, 0.1) is 13.8 Å². The molecule has 0 bridgehead atoms. The minimum absolute atomic E-state index is 0.503. The zero-order valence-electron chi connectivity index (χ0n) is 16.4. The molecule has 0 radical (unpaired) electrons. The summed E-state index contributed by atoms with van der Waals surface area (Å²) in [6.07, 6.45) is 2.37. The lowest BCUT2D eigenvalue weighted by molar-refractivity contribution is -0.926. The molecule has 0 unspecified atom stereocenters.